The van der Waals surface area contributed by atoms with Crippen molar-refractivity contribution in [1.29, 1.82) is 0 Å². The predicted molar refractivity (Wildman–Crippen MR) is 64.3 cm³/mol. The van der Waals surface area contributed by atoms with Crippen LogP contribution in [-0.4, -0.2) is 15.0 Å². The van der Waals surface area contributed by atoms with Crippen molar-refractivity contribution < 1.29 is 0 Å². The van der Waals surface area contributed by atoms with Gasteiger partial charge in [-0.05, 0) is 43.3 Å². The SMILES string of the molecule is Cc1cc(C)nc(Sc2nccnc2N)c1. The minimum atomic E-state index is 0.438. The molecule has 2 heterocycles. The number of pyridine rings is 1. The molecule has 0 atom stereocenters. The maximum Gasteiger partial charge on any atom is 0.156 e. The summed E-state index contributed by atoms with van der Waals surface area (Å²) in [6, 6.07) is 4.04. The summed E-state index contributed by atoms with van der Waals surface area (Å²) in [6.07, 6.45) is 3.20. The van der Waals surface area contributed by atoms with Crippen LogP contribution >= 0.6 is 11.8 Å². The Morgan fingerprint density at radius 2 is 1.88 bits per heavy atom. The largest absolute Gasteiger partial charge is 0.381 e. The molecule has 2 rings (SSSR count). The monoisotopic (exact) mass is 232 g/mol. The van der Waals surface area contributed by atoms with Crippen LogP contribution in [0.3, 0.4) is 0 Å². The highest BCUT2D eigenvalue weighted by Gasteiger charge is 2.05. The smallest absolute Gasteiger partial charge is 0.156 e. The van der Waals surface area contributed by atoms with Crippen LogP contribution in [0.5, 0.6) is 0 Å². The standard InChI is InChI=1S/C11H12N4S/c1-7-5-8(2)15-9(6-7)16-11-10(12)13-3-4-14-11/h3-6H,1-2H3,(H2,12,13). The van der Waals surface area contributed by atoms with Gasteiger partial charge in [-0.2, -0.15) is 0 Å². The molecule has 0 bridgehead atoms. The Hall–Kier alpha value is -1.62. The van der Waals surface area contributed by atoms with Crippen LogP contribution in [0.15, 0.2) is 34.6 Å². The van der Waals surface area contributed by atoms with Crippen molar-refractivity contribution in [2.45, 2.75) is 23.9 Å². The van der Waals surface area contributed by atoms with Crippen LogP contribution < -0.4 is 5.73 Å². The quantitative estimate of drug-likeness (QED) is 0.860. The highest BCUT2D eigenvalue weighted by Crippen LogP contribution is 2.27. The van der Waals surface area contributed by atoms with Crippen LogP contribution in [0.25, 0.3) is 0 Å². The van der Waals surface area contributed by atoms with Gasteiger partial charge in [0, 0.05) is 18.1 Å². The Morgan fingerprint density at radius 1 is 1.12 bits per heavy atom. The average Bonchev–Trinajstić information content (AvgIpc) is 2.20. The van der Waals surface area contributed by atoms with Gasteiger partial charge in [-0.25, -0.2) is 15.0 Å². The molecular weight excluding hydrogens is 220 g/mol. The first-order valence-corrected chi connectivity index (χ1v) is 5.66. The summed E-state index contributed by atoms with van der Waals surface area (Å²) in [5, 5.41) is 1.59. The van der Waals surface area contributed by atoms with E-state index in [-0.39, 0.29) is 0 Å². The topological polar surface area (TPSA) is 64.7 Å². The lowest BCUT2D eigenvalue weighted by molar-refractivity contribution is 1.02. The molecule has 0 spiro atoms. The van der Waals surface area contributed by atoms with Gasteiger partial charge in [-0.15, -0.1) is 0 Å². The maximum atomic E-state index is 5.72. The maximum absolute atomic E-state index is 5.72. The number of hydrogen-bond donors (Lipinski definition) is 1. The first-order chi connectivity index (χ1) is 7.65. The second kappa shape index (κ2) is 4.49. The van der Waals surface area contributed by atoms with E-state index in [1.165, 1.54) is 17.3 Å². The predicted octanol–water partition coefficient (Wildman–Crippen LogP) is 2.22. The van der Waals surface area contributed by atoms with E-state index in [0.29, 0.717) is 10.8 Å². The number of aryl methyl sites for hydroxylation is 2. The number of aromatic nitrogens is 3. The summed E-state index contributed by atoms with van der Waals surface area (Å²) in [6.45, 7) is 4.01. The van der Waals surface area contributed by atoms with Crippen molar-refractivity contribution >= 4 is 17.6 Å². The van der Waals surface area contributed by atoms with E-state index >= 15 is 0 Å². The molecule has 2 aromatic heterocycles. The van der Waals surface area contributed by atoms with Crippen LogP contribution in [0.2, 0.25) is 0 Å². The van der Waals surface area contributed by atoms with Gasteiger partial charge in [0.15, 0.2) is 5.82 Å². The lowest BCUT2D eigenvalue weighted by Crippen LogP contribution is -1.95. The molecule has 0 radical (unpaired) electrons. The molecule has 0 unspecified atom stereocenters. The van der Waals surface area contributed by atoms with Gasteiger partial charge in [-0.3, -0.25) is 0 Å². The van der Waals surface area contributed by atoms with Gasteiger partial charge in [0.05, 0.1) is 0 Å². The molecule has 0 saturated heterocycles. The number of nitrogen functional groups attached to an aromatic ring is 1. The Labute approximate surface area is 98.3 Å². The van der Waals surface area contributed by atoms with Crippen molar-refractivity contribution in [3.05, 3.63) is 35.8 Å². The van der Waals surface area contributed by atoms with E-state index in [0.717, 1.165) is 10.7 Å². The normalized spacial score (nSPS) is 10.4. The fourth-order valence-corrected chi connectivity index (χ4v) is 2.27. The van der Waals surface area contributed by atoms with Gasteiger partial charge >= 0.3 is 0 Å². The summed E-state index contributed by atoms with van der Waals surface area (Å²) in [5.74, 6) is 0.438. The second-order valence-corrected chi connectivity index (χ2v) is 4.48. The summed E-state index contributed by atoms with van der Waals surface area (Å²) in [5.41, 5.74) is 7.89. The van der Waals surface area contributed by atoms with Gasteiger partial charge in [-0.1, -0.05) is 0 Å². The van der Waals surface area contributed by atoms with Gasteiger partial charge in [0.25, 0.3) is 0 Å². The Bertz CT molecular complexity index is 493. The van der Waals surface area contributed by atoms with Crippen molar-refractivity contribution in [2.24, 2.45) is 0 Å². The molecule has 82 valence electrons. The Kier molecular flexibility index (Phi) is 3.05. The number of nitrogens with zero attached hydrogens (tertiary/aromatic N) is 3. The van der Waals surface area contributed by atoms with Gasteiger partial charge < -0.3 is 5.73 Å². The van der Waals surface area contributed by atoms with Crippen LogP contribution in [0.1, 0.15) is 11.3 Å². The van der Waals surface area contributed by atoms with Crippen molar-refractivity contribution in [3.8, 4) is 0 Å². The second-order valence-electron chi connectivity index (χ2n) is 3.47. The van der Waals surface area contributed by atoms with E-state index in [1.807, 2.05) is 26.0 Å². The van der Waals surface area contributed by atoms with Crippen molar-refractivity contribution in [3.63, 3.8) is 0 Å². The fraction of sp³-hybridized carbons (Fsp3) is 0.182. The summed E-state index contributed by atoms with van der Waals surface area (Å²) < 4.78 is 0. The molecule has 2 N–H and O–H groups in total. The first kappa shape index (κ1) is 10.9. The Morgan fingerprint density at radius 3 is 2.56 bits per heavy atom. The molecular formula is C11H12N4S. The fourth-order valence-electron chi connectivity index (χ4n) is 1.37. The molecule has 16 heavy (non-hydrogen) atoms. The molecule has 4 nitrogen and oxygen atoms in total. The number of anilines is 1. The highest BCUT2D eigenvalue weighted by atomic mass is 32.2. The zero-order valence-electron chi connectivity index (χ0n) is 9.14. The molecule has 0 aliphatic heterocycles. The summed E-state index contributed by atoms with van der Waals surface area (Å²) in [7, 11) is 0. The summed E-state index contributed by atoms with van der Waals surface area (Å²) >= 11 is 1.43. The lowest BCUT2D eigenvalue weighted by atomic mass is 10.3. The molecule has 5 heteroatoms. The van der Waals surface area contributed by atoms with Gasteiger partial charge in [0.1, 0.15) is 10.1 Å². The number of hydrogen-bond acceptors (Lipinski definition) is 5. The van der Waals surface area contributed by atoms with E-state index in [9.17, 15) is 0 Å². The molecule has 0 saturated carbocycles. The van der Waals surface area contributed by atoms with Crippen LogP contribution in [0, 0.1) is 13.8 Å². The van der Waals surface area contributed by atoms with Crippen LogP contribution in [-0.2, 0) is 0 Å². The van der Waals surface area contributed by atoms with Crippen molar-refractivity contribution in [2.75, 3.05) is 5.73 Å². The van der Waals surface area contributed by atoms with Gasteiger partial charge in [0.2, 0.25) is 0 Å². The van der Waals surface area contributed by atoms with E-state index < -0.39 is 0 Å². The van der Waals surface area contributed by atoms with Crippen LogP contribution in [0.4, 0.5) is 5.82 Å². The molecule has 0 fully saturated rings. The van der Waals surface area contributed by atoms with E-state index in [1.54, 1.807) is 12.4 Å². The third kappa shape index (κ3) is 2.49. The molecule has 0 aromatic carbocycles. The molecule has 0 aliphatic carbocycles. The minimum absolute atomic E-state index is 0.438. The van der Waals surface area contributed by atoms with E-state index in [2.05, 4.69) is 15.0 Å². The third-order valence-corrected chi connectivity index (χ3v) is 2.89. The molecule has 0 amide bonds. The third-order valence-electron chi connectivity index (χ3n) is 1.97. The minimum Gasteiger partial charge on any atom is -0.381 e. The zero-order valence-corrected chi connectivity index (χ0v) is 9.95. The zero-order chi connectivity index (χ0) is 11.5. The highest BCUT2D eigenvalue weighted by molar-refractivity contribution is 7.99. The summed E-state index contributed by atoms with van der Waals surface area (Å²) in [4.78, 5) is 12.6. The molecule has 0 aliphatic rings. The lowest BCUT2D eigenvalue weighted by Gasteiger charge is -2.04. The Balaban J connectivity index is 2.30. The van der Waals surface area contributed by atoms with E-state index in [4.69, 9.17) is 5.73 Å². The molecule has 2 aromatic rings. The average molecular weight is 232 g/mol. The van der Waals surface area contributed by atoms with Crippen molar-refractivity contribution in [1.82, 2.24) is 15.0 Å². The number of nitrogens with two attached hydrogens (primary N) is 1. The number of rotatable bonds is 2. The first-order valence-electron chi connectivity index (χ1n) is 4.85.